The number of carbonyl (C=O) groups is 1. The fourth-order valence-electron chi connectivity index (χ4n) is 4.49. The summed E-state index contributed by atoms with van der Waals surface area (Å²) in [6.07, 6.45) is 3.31. The molecule has 2 aromatic carbocycles. The smallest absolute Gasteiger partial charge is 0.297 e. The van der Waals surface area contributed by atoms with E-state index in [1.165, 1.54) is 16.2 Å². The molecule has 37 heavy (non-hydrogen) atoms. The van der Waals surface area contributed by atoms with E-state index in [0.29, 0.717) is 46.4 Å². The zero-order chi connectivity index (χ0) is 26.1. The number of hydrogen-bond acceptors (Lipinski definition) is 8. The number of aromatic nitrogens is 2. The maximum Gasteiger partial charge on any atom is 0.297 e. The van der Waals surface area contributed by atoms with Gasteiger partial charge in [0, 0.05) is 6.42 Å². The van der Waals surface area contributed by atoms with Crippen molar-refractivity contribution in [2.75, 3.05) is 18.1 Å². The number of ether oxygens (including phenoxy) is 2. The van der Waals surface area contributed by atoms with Crippen molar-refractivity contribution in [3.05, 3.63) is 86.7 Å². The molecule has 3 heterocycles. The van der Waals surface area contributed by atoms with Gasteiger partial charge >= 0.3 is 0 Å². The first-order valence-electron chi connectivity index (χ1n) is 12.2. The number of amides is 1. The van der Waals surface area contributed by atoms with E-state index < -0.39 is 11.9 Å². The number of benzene rings is 2. The first-order valence-corrected chi connectivity index (χ1v) is 13.0. The van der Waals surface area contributed by atoms with E-state index in [1.54, 1.807) is 30.3 Å². The predicted molar refractivity (Wildman–Crippen MR) is 143 cm³/mol. The minimum absolute atomic E-state index is 0.0172. The Bertz CT molecular complexity index is 1560. The average molecular weight is 518 g/mol. The van der Waals surface area contributed by atoms with Gasteiger partial charge in [-0.15, -0.1) is 10.2 Å². The lowest BCUT2D eigenvalue weighted by Crippen LogP contribution is -2.29. The van der Waals surface area contributed by atoms with Crippen LogP contribution in [0.25, 0.3) is 11.0 Å². The monoisotopic (exact) mass is 517 g/mol. The summed E-state index contributed by atoms with van der Waals surface area (Å²) in [6, 6.07) is 10.0. The van der Waals surface area contributed by atoms with Crippen molar-refractivity contribution < 1.29 is 18.7 Å². The average Bonchev–Trinajstić information content (AvgIpc) is 3.46. The summed E-state index contributed by atoms with van der Waals surface area (Å²) < 4.78 is 17.7. The van der Waals surface area contributed by atoms with Crippen LogP contribution in [0.5, 0.6) is 11.5 Å². The lowest BCUT2D eigenvalue weighted by Gasteiger charge is -2.23. The zero-order valence-corrected chi connectivity index (χ0v) is 21.8. The summed E-state index contributed by atoms with van der Waals surface area (Å²) in [5, 5.41) is 10.3. The molecule has 0 radical (unpaired) electrons. The van der Waals surface area contributed by atoms with E-state index in [4.69, 9.17) is 13.9 Å². The molecule has 1 aliphatic heterocycles. The number of nitrogens with zero attached hydrogens (tertiary/aromatic N) is 3. The number of fused-ring (bicyclic) bond motifs is 2. The van der Waals surface area contributed by atoms with Crippen LogP contribution in [0.15, 0.2) is 58.3 Å². The second kappa shape index (κ2) is 10.2. The maximum atomic E-state index is 13.9. The van der Waals surface area contributed by atoms with Gasteiger partial charge in [-0.1, -0.05) is 48.6 Å². The lowest BCUT2D eigenvalue weighted by molar-refractivity contribution is 0.0970. The highest BCUT2D eigenvalue weighted by molar-refractivity contribution is 7.15. The molecule has 1 atom stereocenters. The molecule has 2 aromatic heterocycles. The normalized spacial score (nSPS) is 14.7. The van der Waals surface area contributed by atoms with Gasteiger partial charge in [-0.25, -0.2) is 0 Å². The first kappa shape index (κ1) is 24.7. The minimum atomic E-state index is -0.765. The summed E-state index contributed by atoms with van der Waals surface area (Å²) in [5.41, 5.74) is 2.00. The molecule has 190 valence electrons. The molecule has 1 aliphatic rings. The molecule has 5 rings (SSSR count). The Labute approximate surface area is 218 Å². The summed E-state index contributed by atoms with van der Waals surface area (Å²) in [5.74, 6) is 0.642. The highest BCUT2D eigenvalue weighted by Crippen LogP contribution is 2.44. The van der Waals surface area contributed by atoms with E-state index in [2.05, 4.69) is 23.7 Å². The van der Waals surface area contributed by atoms with Crippen molar-refractivity contribution in [2.24, 2.45) is 0 Å². The predicted octanol–water partition coefficient (Wildman–Crippen LogP) is 5.62. The zero-order valence-electron chi connectivity index (χ0n) is 20.9. The maximum absolute atomic E-state index is 13.9. The van der Waals surface area contributed by atoms with Crippen molar-refractivity contribution in [2.45, 2.75) is 39.7 Å². The quantitative estimate of drug-likeness (QED) is 0.266. The summed E-state index contributed by atoms with van der Waals surface area (Å²) in [4.78, 5) is 29.2. The molecule has 0 bridgehead atoms. The minimum Gasteiger partial charge on any atom is -0.490 e. The molecule has 1 amide bonds. The number of rotatable bonds is 9. The van der Waals surface area contributed by atoms with Gasteiger partial charge in [0.15, 0.2) is 16.9 Å². The second-order valence-electron chi connectivity index (χ2n) is 8.72. The first-order chi connectivity index (χ1) is 18.0. The van der Waals surface area contributed by atoms with Gasteiger partial charge in [0.2, 0.25) is 10.9 Å². The molecule has 4 aromatic rings. The third kappa shape index (κ3) is 4.40. The molecule has 1 unspecified atom stereocenters. The van der Waals surface area contributed by atoms with Crippen LogP contribution in [-0.4, -0.2) is 29.3 Å². The second-order valence-corrected chi connectivity index (χ2v) is 9.76. The third-order valence-electron chi connectivity index (χ3n) is 6.09. The molecule has 0 N–H and O–H groups in total. The van der Waals surface area contributed by atoms with Crippen LogP contribution in [-0.2, 0) is 6.42 Å². The van der Waals surface area contributed by atoms with Crippen molar-refractivity contribution in [1.82, 2.24) is 10.2 Å². The van der Waals surface area contributed by atoms with Crippen molar-refractivity contribution in [1.29, 1.82) is 0 Å². The SMILES string of the molecule is C=CCOc1ccc(C2c3c(oc4ccc(C)cc4c3=O)C(=O)N2c2nnc(CCC)s2)cc1OCC. The van der Waals surface area contributed by atoms with E-state index in [9.17, 15) is 9.59 Å². The molecule has 0 saturated heterocycles. The Kier molecular flexibility index (Phi) is 6.80. The van der Waals surface area contributed by atoms with Crippen molar-refractivity contribution in [3.63, 3.8) is 0 Å². The van der Waals surface area contributed by atoms with Gasteiger partial charge < -0.3 is 13.9 Å². The van der Waals surface area contributed by atoms with E-state index in [-0.39, 0.29) is 16.8 Å². The van der Waals surface area contributed by atoms with Gasteiger partial charge in [0.05, 0.1) is 23.6 Å². The highest BCUT2D eigenvalue weighted by Gasteiger charge is 2.45. The molecule has 0 fully saturated rings. The van der Waals surface area contributed by atoms with Crippen LogP contribution >= 0.6 is 11.3 Å². The van der Waals surface area contributed by atoms with Gasteiger partial charge in [-0.05, 0) is 50.1 Å². The molecular weight excluding hydrogens is 490 g/mol. The topological polar surface area (TPSA) is 94.8 Å². The number of anilines is 1. The Morgan fingerprint density at radius 3 is 2.70 bits per heavy atom. The molecule has 9 heteroatoms. The summed E-state index contributed by atoms with van der Waals surface area (Å²) in [7, 11) is 0. The number of aryl methyl sites for hydroxylation is 2. The van der Waals surface area contributed by atoms with Crippen LogP contribution in [0.2, 0.25) is 0 Å². The van der Waals surface area contributed by atoms with Crippen LogP contribution in [0.3, 0.4) is 0 Å². The molecule has 8 nitrogen and oxygen atoms in total. The summed E-state index contributed by atoms with van der Waals surface area (Å²) >= 11 is 1.34. The van der Waals surface area contributed by atoms with Crippen molar-refractivity contribution >= 4 is 33.3 Å². The fourth-order valence-corrected chi connectivity index (χ4v) is 5.45. The molecule has 0 spiro atoms. The Hall–Kier alpha value is -3.98. The standard InChI is InChI=1S/C28H27N3O5S/c1-5-8-22-29-30-28(37-22)31-24(17-10-12-20(35-13-6-2)21(15-17)34-7-3)23-25(32)18-14-16(4)9-11-19(18)36-26(23)27(31)33/h6,9-12,14-15,24H,2,5,7-8,13H2,1,3-4H3. The molecular formula is C28H27N3O5S. The van der Waals surface area contributed by atoms with Gasteiger partial charge in [0.25, 0.3) is 5.91 Å². The fraction of sp³-hybridized carbons (Fsp3) is 0.286. The van der Waals surface area contributed by atoms with Crippen LogP contribution in [0.4, 0.5) is 5.13 Å². The van der Waals surface area contributed by atoms with Crippen LogP contribution < -0.4 is 19.8 Å². The number of carbonyl (C=O) groups excluding carboxylic acids is 1. The lowest BCUT2D eigenvalue weighted by atomic mass is 9.98. The Morgan fingerprint density at radius 1 is 1.11 bits per heavy atom. The Balaban J connectivity index is 1.73. The van der Waals surface area contributed by atoms with Crippen LogP contribution in [0, 0.1) is 6.92 Å². The van der Waals surface area contributed by atoms with Gasteiger partial charge in [-0.2, -0.15) is 0 Å². The van der Waals surface area contributed by atoms with Gasteiger partial charge in [-0.3, -0.25) is 14.5 Å². The summed E-state index contributed by atoms with van der Waals surface area (Å²) in [6.45, 7) is 10.3. The molecule has 0 aliphatic carbocycles. The molecule has 0 saturated carbocycles. The largest absolute Gasteiger partial charge is 0.490 e. The Morgan fingerprint density at radius 2 is 1.95 bits per heavy atom. The third-order valence-corrected chi connectivity index (χ3v) is 7.07. The van der Waals surface area contributed by atoms with E-state index >= 15 is 0 Å². The van der Waals surface area contributed by atoms with Crippen LogP contribution in [0.1, 0.15) is 58.6 Å². The number of hydrogen-bond donors (Lipinski definition) is 0. The van der Waals surface area contributed by atoms with Crippen molar-refractivity contribution in [3.8, 4) is 11.5 Å². The van der Waals surface area contributed by atoms with Gasteiger partial charge in [0.1, 0.15) is 17.2 Å². The van der Waals surface area contributed by atoms with E-state index in [0.717, 1.165) is 23.4 Å². The van der Waals surface area contributed by atoms with E-state index in [1.807, 2.05) is 26.0 Å². The highest BCUT2D eigenvalue weighted by atomic mass is 32.1.